The number of hydrogen-bond donors (Lipinski definition) is 2. The van der Waals surface area contributed by atoms with Crippen LogP contribution in [0.3, 0.4) is 0 Å². The van der Waals surface area contributed by atoms with E-state index in [1.807, 2.05) is 13.8 Å². The minimum atomic E-state index is -4.35. The molecule has 0 fully saturated rings. The fraction of sp³-hybridized carbons (Fsp3) is 0.636. The Kier molecular flexibility index (Phi) is 4.93. The van der Waals surface area contributed by atoms with E-state index in [1.54, 1.807) is 0 Å². The summed E-state index contributed by atoms with van der Waals surface area (Å²) in [6.07, 6.45) is -2.46. The first-order chi connectivity index (χ1) is 8.73. The molecule has 0 saturated carbocycles. The summed E-state index contributed by atoms with van der Waals surface area (Å²) in [6.45, 7) is 2.53. The van der Waals surface area contributed by atoms with Crippen LogP contribution in [0.2, 0.25) is 0 Å². The molecule has 0 saturated heterocycles. The van der Waals surface area contributed by atoms with Crippen LogP contribution in [-0.2, 0) is 11.3 Å². The van der Waals surface area contributed by atoms with E-state index < -0.39 is 24.7 Å². The van der Waals surface area contributed by atoms with Crippen LogP contribution in [0.4, 0.5) is 19.0 Å². The van der Waals surface area contributed by atoms with Gasteiger partial charge in [-0.1, -0.05) is 20.3 Å². The van der Waals surface area contributed by atoms with E-state index in [2.05, 4.69) is 10.4 Å². The number of anilines is 1. The highest BCUT2D eigenvalue weighted by atomic mass is 19.4. The lowest BCUT2D eigenvalue weighted by Gasteiger charge is -2.16. The van der Waals surface area contributed by atoms with Gasteiger partial charge in [0.1, 0.15) is 6.54 Å². The van der Waals surface area contributed by atoms with Gasteiger partial charge in [-0.15, -0.1) is 0 Å². The quantitative estimate of drug-likeness (QED) is 0.862. The van der Waals surface area contributed by atoms with Crippen molar-refractivity contribution in [3.05, 3.63) is 12.3 Å². The zero-order valence-corrected chi connectivity index (χ0v) is 10.7. The van der Waals surface area contributed by atoms with Gasteiger partial charge in [0, 0.05) is 12.3 Å². The van der Waals surface area contributed by atoms with Crippen LogP contribution < -0.4 is 11.1 Å². The van der Waals surface area contributed by atoms with Gasteiger partial charge in [-0.2, -0.15) is 18.3 Å². The van der Waals surface area contributed by atoms with Crippen molar-refractivity contribution in [3.8, 4) is 0 Å². The first kappa shape index (κ1) is 15.5. The molecule has 1 heterocycles. The second-order valence-corrected chi connectivity index (χ2v) is 4.41. The lowest BCUT2D eigenvalue weighted by Crippen LogP contribution is -2.40. The number of alkyl halides is 3. The topological polar surface area (TPSA) is 72.9 Å². The van der Waals surface area contributed by atoms with Gasteiger partial charge in [0.2, 0.25) is 5.91 Å². The Labute approximate surface area is 109 Å². The Balaban J connectivity index is 2.61. The second kappa shape index (κ2) is 6.05. The zero-order valence-electron chi connectivity index (χ0n) is 10.7. The predicted octanol–water partition coefficient (Wildman–Crippen LogP) is 1.76. The van der Waals surface area contributed by atoms with E-state index in [0.29, 0.717) is 4.68 Å². The number of nitrogens with one attached hydrogen (secondary N) is 1. The Morgan fingerprint density at radius 2 is 2.21 bits per heavy atom. The van der Waals surface area contributed by atoms with Crippen molar-refractivity contribution in [2.75, 3.05) is 5.32 Å². The Morgan fingerprint density at radius 1 is 1.58 bits per heavy atom. The van der Waals surface area contributed by atoms with Crippen LogP contribution in [0.25, 0.3) is 0 Å². The molecule has 1 aromatic heterocycles. The molecule has 19 heavy (non-hydrogen) atoms. The molecule has 8 heteroatoms. The molecule has 3 N–H and O–H groups in total. The predicted molar refractivity (Wildman–Crippen MR) is 64.3 cm³/mol. The van der Waals surface area contributed by atoms with E-state index in [0.717, 1.165) is 12.6 Å². The van der Waals surface area contributed by atoms with Gasteiger partial charge in [0.05, 0.1) is 6.04 Å². The number of nitrogens with two attached hydrogens (primary N) is 1. The van der Waals surface area contributed by atoms with Crippen molar-refractivity contribution in [2.45, 2.75) is 39.0 Å². The van der Waals surface area contributed by atoms with Crippen molar-refractivity contribution in [2.24, 2.45) is 11.7 Å². The lowest BCUT2D eigenvalue weighted by molar-refractivity contribution is -0.142. The molecule has 0 aliphatic rings. The molecule has 2 atom stereocenters. The van der Waals surface area contributed by atoms with Crippen LogP contribution in [0, 0.1) is 5.92 Å². The van der Waals surface area contributed by atoms with E-state index in [4.69, 9.17) is 5.73 Å². The summed E-state index contributed by atoms with van der Waals surface area (Å²) in [7, 11) is 0. The SMILES string of the molecule is CCC(C)C(N)C(=O)Nc1ccn(CC(F)(F)F)n1. The van der Waals surface area contributed by atoms with Crippen molar-refractivity contribution in [3.63, 3.8) is 0 Å². The van der Waals surface area contributed by atoms with Crippen LogP contribution in [0.1, 0.15) is 20.3 Å². The molecule has 1 rings (SSSR count). The molecular weight excluding hydrogens is 261 g/mol. The number of amides is 1. The van der Waals surface area contributed by atoms with E-state index >= 15 is 0 Å². The first-order valence-electron chi connectivity index (χ1n) is 5.89. The van der Waals surface area contributed by atoms with Crippen molar-refractivity contribution >= 4 is 11.7 Å². The molecule has 1 aromatic rings. The third-order valence-electron chi connectivity index (χ3n) is 2.79. The molecule has 1 amide bonds. The molecule has 2 unspecified atom stereocenters. The number of halogens is 3. The van der Waals surface area contributed by atoms with Gasteiger partial charge >= 0.3 is 6.18 Å². The maximum Gasteiger partial charge on any atom is 0.408 e. The van der Waals surface area contributed by atoms with Crippen molar-refractivity contribution in [1.29, 1.82) is 0 Å². The standard InChI is InChI=1S/C11H17F3N4O/c1-3-7(2)9(15)10(19)16-8-4-5-18(17-8)6-11(12,13)14/h4-5,7,9H,3,6,15H2,1-2H3,(H,16,17,19). The number of nitrogens with zero attached hydrogens (tertiary/aromatic N) is 2. The third-order valence-corrected chi connectivity index (χ3v) is 2.79. The zero-order chi connectivity index (χ0) is 14.6. The Morgan fingerprint density at radius 3 is 2.74 bits per heavy atom. The fourth-order valence-corrected chi connectivity index (χ4v) is 1.42. The summed E-state index contributed by atoms with van der Waals surface area (Å²) >= 11 is 0. The third kappa shape index (κ3) is 4.90. The molecule has 0 aliphatic heterocycles. The molecule has 5 nitrogen and oxygen atoms in total. The van der Waals surface area contributed by atoms with E-state index in [1.165, 1.54) is 6.07 Å². The molecule has 108 valence electrons. The van der Waals surface area contributed by atoms with Gasteiger partial charge in [-0.3, -0.25) is 9.48 Å². The van der Waals surface area contributed by atoms with E-state index in [-0.39, 0.29) is 11.7 Å². The molecular formula is C11H17F3N4O. The Hall–Kier alpha value is -1.57. The second-order valence-electron chi connectivity index (χ2n) is 4.41. The number of rotatable bonds is 5. The summed E-state index contributed by atoms with van der Waals surface area (Å²) in [5.41, 5.74) is 5.70. The van der Waals surface area contributed by atoms with Gasteiger partial charge in [-0.05, 0) is 5.92 Å². The average molecular weight is 278 g/mol. The summed E-state index contributed by atoms with van der Waals surface area (Å²) in [5, 5.41) is 6.01. The normalized spacial score (nSPS) is 15.1. The van der Waals surface area contributed by atoms with Crippen LogP contribution in [-0.4, -0.2) is 27.9 Å². The maximum absolute atomic E-state index is 12.1. The highest BCUT2D eigenvalue weighted by Gasteiger charge is 2.28. The minimum Gasteiger partial charge on any atom is -0.320 e. The summed E-state index contributed by atoms with van der Waals surface area (Å²) in [4.78, 5) is 11.7. The molecule has 0 radical (unpaired) electrons. The lowest BCUT2D eigenvalue weighted by atomic mass is 9.99. The van der Waals surface area contributed by atoms with E-state index in [9.17, 15) is 18.0 Å². The molecule has 0 spiro atoms. The van der Waals surface area contributed by atoms with Crippen molar-refractivity contribution < 1.29 is 18.0 Å². The first-order valence-corrected chi connectivity index (χ1v) is 5.89. The summed E-state index contributed by atoms with van der Waals surface area (Å²) < 4.78 is 37.1. The highest BCUT2D eigenvalue weighted by molar-refractivity contribution is 5.93. The molecule has 0 aromatic carbocycles. The average Bonchev–Trinajstić information content (AvgIpc) is 2.71. The highest BCUT2D eigenvalue weighted by Crippen LogP contribution is 2.17. The van der Waals surface area contributed by atoms with Gasteiger partial charge in [0.15, 0.2) is 5.82 Å². The maximum atomic E-state index is 12.1. The Bertz CT molecular complexity index is 430. The number of aromatic nitrogens is 2. The monoisotopic (exact) mass is 278 g/mol. The molecule has 0 aliphatic carbocycles. The fourth-order valence-electron chi connectivity index (χ4n) is 1.42. The summed E-state index contributed by atoms with van der Waals surface area (Å²) in [5.74, 6) is -0.406. The number of carbonyl (C=O) groups excluding carboxylic acids is 1. The van der Waals surface area contributed by atoms with Gasteiger partial charge in [0.25, 0.3) is 0 Å². The smallest absolute Gasteiger partial charge is 0.320 e. The van der Waals surface area contributed by atoms with Crippen LogP contribution >= 0.6 is 0 Å². The summed E-state index contributed by atoms with van der Waals surface area (Å²) in [6, 6.07) is 0.588. The largest absolute Gasteiger partial charge is 0.408 e. The van der Waals surface area contributed by atoms with Gasteiger partial charge in [-0.25, -0.2) is 0 Å². The minimum absolute atomic E-state index is 0.0164. The number of hydrogen-bond acceptors (Lipinski definition) is 3. The molecule has 0 bridgehead atoms. The van der Waals surface area contributed by atoms with Crippen molar-refractivity contribution in [1.82, 2.24) is 9.78 Å². The van der Waals surface area contributed by atoms with Crippen LogP contribution in [0.5, 0.6) is 0 Å². The van der Waals surface area contributed by atoms with Gasteiger partial charge < -0.3 is 11.1 Å². The number of carbonyl (C=O) groups is 1. The van der Waals surface area contributed by atoms with Crippen LogP contribution in [0.15, 0.2) is 12.3 Å².